The Bertz CT molecular complexity index is 878. The Morgan fingerprint density at radius 1 is 1.13 bits per heavy atom. The highest BCUT2D eigenvalue weighted by Crippen LogP contribution is 2.38. The van der Waals surface area contributed by atoms with Gasteiger partial charge in [-0.2, -0.15) is 4.98 Å². The number of rotatable bonds is 2. The number of carbonyl (C=O) groups is 1. The minimum atomic E-state index is -1.39. The number of hydrogen-bond acceptors (Lipinski definition) is 6. The Balaban J connectivity index is 1.73. The molecule has 0 saturated carbocycles. The molecular formula is C16H12N4O3. The molecule has 1 atom stereocenters. The number of fused-ring (bicyclic) bond motifs is 1. The minimum absolute atomic E-state index is 0.0742. The Hall–Kier alpha value is -3.22. The molecular weight excluding hydrogens is 296 g/mol. The molecule has 4 rings (SSSR count). The van der Waals surface area contributed by atoms with Gasteiger partial charge in [-0.15, -0.1) is 0 Å². The maximum atomic E-state index is 12.4. The SMILES string of the molecule is CC1(c2nc(-c3ccccn3)no2)Oc2ccccc2NC1=O. The summed E-state index contributed by atoms with van der Waals surface area (Å²) in [5, 5.41) is 6.68. The van der Waals surface area contributed by atoms with Crippen LogP contribution in [0.4, 0.5) is 5.69 Å². The van der Waals surface area contributed by atoms with E-state index in [1.807, 2.05) is 18.2 Å². The topological polar surface area (TPSA) is 90.1 Å². The van der Waals surface area contributed by atoms with E-state index in [4.69, 9.17) is 9.26 Å². The average Bonchev–Trinajstić information content (AvgIpc) is 3.07. The van der Waals surface area contributed by atoms with E-state index in [0.717, 1.165) is 0 Å². The van der Waals surface area contributed by atoms with Crippen LogP contribution in [0.3, 0.4) is 0 Å². The van der Waals surface area contributed by atoms with Gasteiger partial charge < -0.3 is 14.6 Å². The fraction of sp³-hybridized carbons (Fsp3) is 0.125. The Morgan fingerprint density at radius 3 is 2.78 bits per heavy atom. The van der Waals surface area contributed by atoms with Gasteiger partial charge in [-0.1, -0.05) is 23.4 Å². The summed E-state index contributed by atoms with van der Waals surface area (Å²) in [5.74, 6) is 0.557. The first-order valence-corrected chi connectivity index (χ1v) is 7.02. The minimum Gasteiger partial charge on any atom is -0.466 e. The highest BCUT2D eigenvalue weighted by molar-refractivity contribution is 6.00. The fourth-order valence-electron chi connectivity index (χ4n) is 2.32. The van der Waals surface area contributed by atoms with Gasteiger partial charge in [0, 0.05) is 6.20 Å². The standard InChI is InChI=1S/C16H12N4O3/c1-16(14(21)18-10-6-2-3-8-12(10)22-16)15-19-13(20-23-15)11-7-4-5-9-17-11/h2-9H,1H3,(H,18,21). The molecule has 0 fully saturated rings. The van der Waals surface area contributed by atoms with E-state index in [1.165, 1.54) is 0 Å². The molecule has 0 bridgehead atoms. The van der Waals surface area contributed by atoms with E-state index in [0.29, 0.717) is 23.0 Å². The zero-order valence-electron chi connectivity index (χ0n) is 12.2. The molecule has 0 aliphatic carbocycles. The van der Waals surface area contributed by atoms with Gasteiger partial charge in [-0.3, -0.25) is 9.78 Å². The smallest absolute Gasteiger partial charge is 0.280 e. The van der Waals surface area contributed by atoms with Crippen LogP contribution in [0.2, 0.25) is 0 Å². The van der Waals surface area contributed by atoms with Gasteiger partial charge in [0.05, 0.1) is 5.69 Å². The first kappa shape index (κ1) is 13.4. The number of anilines is 1. The molecule has 7 heteroatoms. The van der Waals surface area contributed by atoms with Gasteiger partial charge in [-0.25, -0.2) is 0 Å². The van der Waals surface area contributed by atoms with Crippen molar-refractivity contribution in [3.63, 3.8) is 0 Å². The molecule has 1 amide bonds. The van der Waals surface area contributed by atoms with Crippen molar-refractivity contribution in [2.24, 2.45) is 0 Å². The summed E-state index contributed by atoms with van der Waals surface area (Å²) in [7, 11) is 0. The highest BCUT2D eigenvalue weighted by Gasteiger charge is 2.47. The monoisotopic (exact) mass is 308 g/mol. The third-order valence-electron chi connectivity index (χ3n) is 3.61. The number of aromatic nitrogens is 3. The summed E-state index contributed by atoms with van der Waals surface area (Å²) in [6.45, 7) is 1.59. The van der Waals surface area contributed by atoms with Crippen molar-refractivity contribution >= 4 is 11.6 Å². The summed E-state index contributed by atoms with van der Waals surface area (Å²) in [4.78, 5) is 20.9. The lowest BCUT2D eigenvalue weighted by Crippen LogP contribution is -2.46. The number of pyridine rings is 1. The van der Waals surface area contributed by atoms with E-state index in [-0.39, 0.29) is 11.8 Å². The van der Waals surface area contributed by atoms with Gasteiger partial charge in [0.15, 0.2) is 0 Å². The maximum Gasteiger partial charge on any atom is 0.280 e. The molecule has 1 aromatic carbocycles. The number of ether oxygens (including phenoxy) is 1. The first-order chi connectivity index (χ1) is 11.2. The number of hydrogen-bond donors (Lipinski definition) is 1. The van der Waals surface area contributed by atoms with Crippen molar-refractivity contribution < 1.29 is 14.1 Å². The molecule has 1 aliphatic rings. The van der Waals surface area contributed by atoms with Crippen LogP contribution in [0, 0.1) is 0 Å². The number of carbonyl (C=O) groups excluding carboxylic acids is 1. The largest absolute Gasteiger partial charge is 0.466 e. The second-order valence-electron chi connectivity index (χ2n) is 5.22. The van der Waals surface area contributed by atoms with Crippen LogP contribution in [-0.4, -0.2) is 21.0 Å². The van der Waals surface area contributed by atoms with Gasteiger partial charge in [0.1, 0.15) is 11.4 Å². The van der Waals surface area contributed by atoms with Crippen LogP contribution in [0.5, 0.6) is 5.75 Å². The third kappa shape index (κ3) is 2.13. The molecule has 0 saturated heterocycles. The van der Waals surface area contributed by atoms with Crippen LogP contribution in [0.15, 0.2) is 53.2 Å². The fourth-order valence-corrected chi connectivity index (χ4v) is 2.32. The average molecular weight is 308 g/mol. The van der Waals surface area contributed by atoms with Crippen LogP contribution < -0.4 is 10.1 Å². The van der Waals surface area contributed by atoms with Gasteiger partial charge in [0.2, 0.25) is 5.82 Å². The number of nitrogens with zero attached hydrogens (tertiary/aromatic N) is 3. The summed E-state index contributed by atoms with van der Waals surface area (Å²) >= 11 is 0. The molecule has 3 heterocycles. The zero-order chi connectivity index (χ0) is 15.9. The van der Waals surface area contributed by atoms with Gasteiger partial charge >= 0.3 is 0 Å². The summed E-state index contributed by atoms with van der Waals surface area (Å²) < 4.78 is 11.1. The van der Waals surface area contributed by atoms with Crippen LogP contribution >= 0.6 is 0 Å². The van der Waals surface area contributed by atoms with E-state index < -0.39 is 5.60 Å². The molecule has 3 aromatic rings. The van der Waals surface area contributed by atoms with Crippen molar-refractivity contribution in [3.8, 4) is 17.3 Å². The van der Waals surface area contributed by atoms with Crippen molar-refractivity contribution in [1.29, 1.82) is 0 Å². The van der Waals surface area contributed by atoms with Gasteiger partial charge in [-0.05, 0) is 31.2 Å². The lowest BCUT2D eigenvalue weighted by Gasteiger charge is -2.31. The van der Waals surface area contributed by atoms with Crippen molar-refractivity contribution in [1.82, 2.24) is 15.1 Å². The van der Waals surface area contributed by atoms with E-state index in [2.05, 4.69) is 20.4 Å². The van der Waals surface area contributed by atoms with E-state index in [9.17, 15) is 4.79 Å². The second kappa shape index (κ2) is 4.91. The molecule has 114 valence electrons. The number of para-hydroxylation sites is 2. The van der Waals surface area contributed by atoms with Crippen molar-refractivity contribution in [2.45, 2.75) is 12.5 Å². The normalized spacial score (nSPS) is 19.6. The van der Waals surface area contributed by atoms with Gasteiger partial charge in [0.25, 0.3) is 17.4 Å². The number of nitrogens with one attached hydrogen (secondary N) is 1. The highest BCUT2D eigenvalue weighted by atomic mass is 16.5. The lowest BCUT2D eigenvalue weighted by atomic mass is 10.0. The summed E-state index contributed by atoms with van der Waals surface area (Å²) in [5.41, 5.74) is -0.226. The quantitative estimate of drug-likeness (QED) is 0.781. The summed E-state index contributed by atoms with van der Waals surface area (Å²) in [6, 6.07) is 12.5. The Morgan fingerprint density at radius 2 is 1.96 bits per heavy atom. The maximum absolute atomic E-state index is 12.4. The molecule has 1 unspecified atom stereocenters. The molecule has 1 aliphatic heterocycles. The summed E-state index contributed by atoms with van der Waals surface area (Å²) in [6.07, 6.45) is 1.63. The number of amides is 1. The second-order valence-corrected chi connectivity index (χ2v) is 5.22. The van der Waals surface area contributed by atoms with Crippen molar-refractivity contribution in [3.05, 3.63) is 54.6 Å². The molecule has 1 N–H and O–H groups in total. The molecule has 0 radical (unpaired) electrons. The predicted molar refractivity (Wildman–Crippen MR) is 80.6 cm³/mol. The van der Waals surface area contributed by atoms with Crippen molar-refractivity contribution in [2.75, 3.05) is 5.32 Å². The Labute approximate surface area is 131 Å². The predicted octanol–water partition coefficient (Wildman–Crippen LogP) is 2.38. The van der Waals surface area contributed by atoms with Crippen LogP contribution in [0.1, 0.15) is 12.8 Å². The molecule has 2 aromatic heterocycles. The van der Waals surface area contributed by atoms with E-state index >= 15 is 0 Å². The first-order valence-electron chi connectivity index (χ1n) is 7.02. The lowest BCUT2D eigenvalue weighted by molar-refractivity contribution is -0.133. The van der Waals surface area contributed by atoms with Crippen LogP contribution in [-0.2, 0) is 10.4 Å². The molecule has 7 nitrogen and oxygen atoms in total. The third-order valence-corrected chi connectivity index (χ3v) is 3.61. The Kier molecular flexibility index (Phi) is 2.87. The molecule has 23 heavy (non-hydrogen) atoms. The van der Waals surface area contributed by atoms with Crippen LogP contribution in [0.25, 0.3) is 11.5 Å². The van der Waals surface area contributed by atoms with E-state index in [1.54, 1.807) is 37.4 Å². The zero-order valence-corrected chi connectivity index (χ0v) is 12.2. The number of benzene rings is 1. The molecule has 0 spiro atoms.